The van der Waals surface area contributed by atoms with E-state index in [0.29, 0.717) is 18.8 Å². The van der Waals surface area contributed by atoms with Crippen molar-refractivity contribution in [3.05, 3.63) is 89.4 Å². The molecule has 6 heteroatoms. The van der Waals surface area contributed by atoms with Crippen molar-refractivity contribution in [1.82, 2.24) is 9.55 Å². The minimum Gasteiger partial charge on any atom is -0.314 e. The summed E-state index contributed by atoms with van der Waals surface area (Å²) in [5, 5.41) is 1.55. The zero-order valence-corrected chi connectivity index (χ0v) is 18.2. The lowest BCUT2D eigenvalue weighted by atomic mass is 10.2. The fraction of sp³-hybridized carbons (Fsp3) is 0.167. The van der Waals surface area contributed by atoms with Crippen LogP contribution in [0.1, 0.15) is 12.5 Å². The van der Waals surface area contributed by atoms with Gasteiger partial charge in [-0.1, -0.05) is 65.8 Å². The maximum atomic E-state index is 12.9. The van der Waals surface area contributed by atoms with Crippen LogP contribution in [0.4, 0.5) is 5.69 Å². The first-order valence-corrected chi connectivity index (χ1v) is 11.2. The van der Waals surface area contributed by atoms with Gasteiger partial charge in [0.05, 0.1) is 23.3 Å². The SMILES string of the molecule is CCN(C(=O)CSc1nc2ccccc2n1Cc1ccc(Cl)cc1)c1ccccc1. The largest absolute Gasteiger partial charge is 0.314 e. The van der Waals surface area contributed by atoms with Gasteiger partial charge in [-0.25, -0.2) is 4.98 Å². The van der Waals surface area contributed by atoms with E-state index in [-0.39, 0.29) is 5.91 Å². The molecule has 4 rings (SSSR count). The number of aromatic nitrogens is 2. The number of hydrogen-bond donors (Lipinski definition) is 0. The number of nitrogens with zero attached hydrogens (tertiary/aromatic N) is 3. The van der Waals surface area contributed by atoms with Crippen molar-refractivity contribution in [2.75, 3.05) is 17.2 Å². The summed E-state index contributed by atoms with van der Waals surface area (Å²) >= 11 is 7.51. The van der Waals surface area contributed by atoms with Gasteiger partial charge in [-0.2, -0.15) is 0 Å². The van der Waals surface area contributed by atoms with Crippen LogP contribution in [0.3, 0.4) is 0 Å². The number of thioether (sulfide) groups is 1. The molecule has 152 valence electrons. The van der Waals surface area contributed by atoms with Crippen molar-refractivity contribution >= 4 is 46.0 Å². The van der Waals surface area contributed by atoms with E-state index in [2.05, 4.69) is 10.6 Å². The van der Waals surface area contributed by atoms with Crippen LogP contribution in [0, 0.1) is 0 Å². The monoisotopic (exact) mass is 435 g/mol. The second-order valence-corrected chi connectivity index (χ2v) is 8.24. The number of halogens is 1. The maximum absolute atomic E-state index is 12.9. The summed E-state index contributed by atoms with van der Waals surface area (Å²) < 4.78 is 2.16. The molecule has 1 heterocycles. The molecule has 0 N–H and O–H groups in total. The molecule has 0 radical (unpaired) electrons. The van der Waals surface area contributed by atoms with Gasteiger partial charge < -0.3 is 9.47 Å². The standard InChI is InChI=1S/C24H22ClN3OS/c1-2-27(20-8-4-3-5-9-20)23(29)17-30-24-26-21-10-6-7-11-22(21)28(24)16-18-12-14-19(25)15-13-18/h3-15H,2,16-17H2,1H3. The fourth-order valence-corrected chi connectivity index (χ4v) is 4.42. The third-order valence-corrected chi connectivity index (χ3v) is 6.10. The highest BCUT2D eigenvalue weighted by molar-refractivity contribution is 7.99. The number of para-hydroxylation sites is 3. The Morgan fingerprint density at radius 3 is 2.43 bits per heavy atom. The lowest BCUT2D eigenvalue weighted by Crippen LogP contribution is -2.32. The average molecular weight is 436 g/mol. The Labute approximate surface area is 185 Å². The molecule has 4 nitrogen and oxygen atoms in total. The van der Waals surface area contributed by atoms with Crippen molar-refractivity contribution in [3.63, 3.8) is 0 Å². The van der Waals surface area contributed by atoms with Crippen LogP contribution in [0.15, 0.2) is 84.0 Å². The zero-order valence-electron chi connectivity index (χ0n) is 16.7. The molecule has 0 fully saturated rings. The Bertz CT molecular complexity index is 1140. The van der Waals surface area contributed by atoms with E-state index in [1.807, 2.05) is 79.7 Å². The van der Waals surface area contributed by atoms with E-state index < -0.39 is 0 Å². The Hall–Kier alpha value is -2.76. The summed E-state index contributed by atoms with van der Waals surface area (Å²) in [7, 11) is 0. The normalized spacial score (nSPS) is 11.0. The third-order valence-electron chi connectivity index (χ3n) is 4.88. The molecule has 30 heavy (non-hydrogen) atoms. The number of carbonyl (C=O) groups excluding carboxylic acids is 1. The average Bonchev–Trinajstić information content (AvgIpc) is 3.12. The summed E-state index contributed by atoms with van der Waals surface area (Å²) in [5.41, 5.74) is 4.03. The number of benzene rings is 3. The summed E-state index contributed by atoms with van der Waals surface area (Å²) in [6.07, 6.45) is 0. The summed E-state index contributed by atoms with van der Waals surface area (Å²) in [4.78, 5) is 19.5. The quantitative estimate of drug-likeness (QED) is 0.340. The number of fused-ring (bicyclic) bond motifs is 1. The fourth-order valence-electron chi connectivity index (χ4n) is 3.40. The lowest BCUT2D eigenvalue weighted by molar-refractivity contribution is -0.116. The Morgan fingerprint density at radius 1 is 1.00 bits per heavy atom. The molecule has 4 aromatic rings. The van der Waals surface area contributed by atoms with Crippen LogP contribution >= 0.6 is 23.4 Å². The molecule has 0 saturated heterocycles. The molecule has 0 unspecified atom stereocenters. The van der Waals surface area contributed by atoms with Gasteiger partial charge >= 0.3 is 0 Å². The van der Waals surface area contributed by atoms with Gasteiger partial charge in [-0.05, 0) is 48.9 Å². The zero-order chi connectivity index (χ0) is 20.9. The first kappa shape index (κ1) is 20.5. The molecule has 3 aromatic carbocycles. The van der Waals surface area contributed by atoms with Crippen molar-refractivity contribution < 1.29 is 4.79 Å². The summed E-state index contributed by atoms with van der Waals surface area (Å²) in [6, 6.07) is 25.7. The molecule has 1 aromatic heterocycles. The minimum absolute atomic E-state index is 0.0683. The lowest BCUT2D eigenvalue weighted by Gasteiger charge is -2.20. The van der Waals surface area contributed by atoms with Crippen molar-refractivity contribution in [2.24, 2.45) is 0 Å². The van der Waals surface area contributed by atoms with Gasteiger partial charge in [-0.3, -0.25) is 4.79 Å². The summed E-state index contributed by atoms with van der Waals surface area (Å²) in [5.74, 6) is 0.394. The molecule has 0 aliphatic carbocycles. The Balaban J connectivity index is 1.57. The Kier molecular flexibility index (Phi) is 6.41. The van der Waals surface area contributed by atoms with E-state index in [0.717, 1.165) is 32.5 Å². The van der Waals surface area contributed by atoms with Crippen molar-refractivity contribution in [1.29, 1.82) is 0 Å². The molecule has 0 spiro atoms. The van der Waals surface area contributed by atoms with Crippen LogP contribution in [-0.4, -0.2) is 27.8 Å². The topological polar surface area (TPSA) is 38.1 Å². The third kappa shape index (κ3) is 4.53. The van der Waals surface area contributed by atoms with Crippen molar-refractivity contribution in [3.8, 4) is 0 Å². The van der Waals surface area contributed by atoms with Crippen LogP contribution in [0.25, 0.3) is 11.0 Å². The van der Waals surface area contributed by atoms with E-state index in [9.17, 15) is 4.79 Å². The summed E-state index contributed by atoms with van der Waals surface area (Å²) in [6.45, 7) is 3.29. The molecular weight excluding hydrogens is 414 g/mol. The minimum atomic E-state index is 0.0683. The molecule has 0 bridgehead atoms. The Morgan fingerprint density at radius 2 is 1.70 bits per heavy atom. The number of carbonyl (C=O) groups is 1. The van der Waals surface area contributed by atoms with Gasteiger partial charge in [-0.15, -0.1) is 0 Å². The van der Waals surface area contributed by atoms with Gasteiger partial charge in [0, 0.05) is 17.3 Å². The van der Waals surface area contributed by atoms with E-state index in [4.69, 9.17) is 16.6 Å². The molecule has 0 aliphatic heterocycles. The molecular formula is C24H22ClN3OS. The number of anilines is 1. The van der Waals surface area contributed by atoms with E-state index >= 15 is 0 Å². The first-order valence-electron chi connectivity index (χ1n) is 9.83. The van der Waals surface area contributed by atoms with E-state index in [1.54, 1.807) is 4.90 Å². The van der Waals surface area contributed by atoms with E-state index in [1.165, 1.54) is 11.8 Å². The maximum Gasteiger partial charge on any atom is 0.237 e. The number of imidazole rings is 1. The smallest absolute Gasteiger partial charge is 0.237 e. The molecule has 0 atom stereocenters. The molecule has 0 saturated carbocycles. The van der Waals surface area contributed by atoms with Gasteiger partial charge in [0.2, 0.25) is 5.91 Å². The van der Waals surface area contributed by atoms with Crippen LogP contribution < -0.4 is 4.90 Å². The highest BCUT2D eigenvalue weighted by atomic mass is 35.5. The molecule has 0 aliphatic rings. The number of amides is 1. The number of hydrogen-bond acceptors (Lipinski definition) is 3. The highest BCUT2D eigenvalue weighted by Crippen LogP contribution is 2.26. The van der Waals surface area contributed by atoms with Gasteiger partial charge in [0.1, 0.15) is 0 Å². The number of rotatable bonds is 7. The predicted molar refractivity (Wildman–Crippen MR) is 125 cm³/mol. The first-order chi connectivity index (χ1) is 14.7. The predicted octanol–water partition coefficient (Wildman–Crippen LogP) is 5.88. The second kappa shape index (κ2) is 9.37. The van der Waals surface area contributed by atoms with Crippen LogP contribution in [-0.2, 0) is 11.3 Å². The second-order valence-electron chi connectivity index (χ2n) is 6.86. The van der Waals surface area contributed by atoms with Crippen LogP contribution in [0.2, 0.25) is 5.02 Å². The molecule has 1 amide bonds. The highest BCUT2D eigenvalue weighted by Gasteiger charge is 2.17. The van der Waals surface area contributed by atoms with Gasteiger partial charge in [0.15, 0.2) is 5.16 Å². The van der Waals surface area contributed by atoms with Crippen molar-refractivity contribution in [2.45, 2.75) is 18.6 Å². The van der Waals surface area contributed by atoms with Crippen LogP contribution in [0.5, 0.6) is 0 Å². The van der Waals surface area contributed by atoms with Gasteiger partial charge in [0.25, 0.3) is 0 Å².